The third-order valence-electron chi connectivity index (χ3n) is 5.45. The van der Waals surface area contributed by atoms with Crippen molar-refractivity contribution in [3.8, 4) is 0 Å². The van der Waals surface area contributed by atoms with Crippen molar-refractivity contribution in [3.63, 3.8) is 0 Å². The van der Waals surface area contributed by atoms with Crippen molar-refractivity contribution in [1.82, 2.24) is 0 Å². The van der Waals surface area contributed by atoms with Gasteiger partial charge in [-0.25, -0.2) is 4.79 Å². The van der Waals surface area contributed by atoms with E-state index in [0.29, 0.717) is 23.7 Å². The normalized spacial score (nSPS) is 18.4. The fraction of sp³-hybridized carbons (Fsp3) is 0.409. The van der Waals surface area contributed by atoms with Gasteiger partial charge in [-0.1, -0.05) is 18.2 Å². The minimum atomic E-state index is -0.447. The fourth-order valence-corrected chi connectivity index (χ4v) is 5.31. The van der Waals surface area contributed by atoms with Crippen LogP contribution in [0.15, 0.2) is 30.3 Å². The average molecular weight is 413 g/mol. The van der Waals surface area contributed by atoms with Crippen molar-refractivity contribution in [3.05, 3.63) is 46.3 Å². The van der Waals surface area contributed by atoms with E-state index in [1.54, 1.807) is 11.8 Å². The van der Waals surface area contributed by atoms with Crippen molar-refractivity contribution >= 4 is 39.8 Å². The molecule has 0 saturated carbocycles. The van der Waals surface area contributed by atoms with Crippen molar-refractivity contribution in [1.29, 1.82) is 0 Å². The Morgan fingerprint density at radius 2 is 1.97 bits per heavy atom. The zero-order valence-corrected chi connectivity index (χ0v) is 17.2. The van der Waals surface area contributed by atoms with E-state index in [9.17, 15) is 14.4 Å². The molecule has 1 aromatic heterocycles. The SMILES string of the molecule is CCOC(=O)c1c(NC(=O)C2CC(=O)N(c3ccccc3)C2)sc2c1CCCC2. The molecule has 2 aliphatic rings. The van der Waals surface area contributed by atoms with Crippen LogP contribution in [-0.4, -0.2) is 30.9 Å². The number of thiophene rings is 1. The Bertz CT molecular complexity index is 938. The molecule has 1 unspecified atom stereocenters. The Morgan fingerprint density at radius 1 is 1.21 bits per heavy atom. The monoisotopic (exact) mass is 412 g/mol. The van der Waals surface area contributed by atoms with Crippen molar-refractivity contribution in [2.45, 2.75) is 39.0 Å². The maximum atomic E-state index is 12.9. The Hall–Kier alpha value is -2.67. The second-order valence-electron chi connectivity index (χ2n) is 7.37. The predicted molar refractivity (Wildman–Crippen MR) is 112 cm³/mol. The molecule has 7 heteroatoms. The summed E-state index contributed by atoms with van der Waals surface area (Å²) in [6, 6.07) is 9.37. The molecule has 1 N–H and O–H groups in total. The number of amides is 2. The summed E-state index contributed by atoms with van der Waals surface area (Å²) in [5.74, 6) is -1.11. The van der Waals surface area contributed by atoms with E-state index in [-0.39, 0.29) is 24.2 Å². The Kier molecular flexibility index (Phi) is 5.67. The number of ether oxygens (including phenoxy) is 1. The first kappa shape index (κ1) is 19.6. The topological polar surface area (TPSA) is 75.7 Å². The molecule has 2 heterocycles. The van der Waals surface area contributed by atoms with Crippen molar-refractivity contribution in [2.75, 3.05) is 23.4 Å². The maximum Gasteiger partial charge on any atom is 0.341 e. The third kappa shape index (κ3) is 3.92. The summed E-state index contributed by atoms with van der Waals surface area (Å²) < 4.78 is 5.25. The lowest BCUT2D eigenvalue weighted by atomic mass is 9.95. The number of nitrogens with one attached hydrogen (secondary N) is 1. The van der Waals surface area contributed by atoms with Crippen LogP contribution in [0.5, 0.6) is 0 Å². The summed E-state index contributed by atoms with van der Waals surface area (Å²) >= 11 is 1.47. The van der Waals surface area contributed by atoms with Gasteiger partial charge in [-0.2, -0.15) is 0 Å². The molecule has 1 aliphatic carbocycles. The van der Waals surface area contributed by atoms with Crippen molar-refractivity contribution < 1.29 is 19.1 Å². The van der Waals surface area contributed by atoms with Crippen LogP contribution in [0.4, 0.5) is 10.7 Å². The second kappa shape index (κ2) is 8.37. The Balaban J connectivity index is 1.54. The fourth-order valence-electron chi connectivity index (χ4n) is 4.03. The van der Waals surface area contributed by atoms with Crippen LogP contribution in [0.3, 0.4) is 0 Å². The highest BCUT2D eigenvalue weighted by Gasteiger charge is 2.36. The lowest BCUT2D eigenvalue weighted by Crippen LogP contribution is -2.28. The third-order valence-corrected chi connectivity index (χ3v) is 6.66. The van der Waals surface area contributed by atoms with Crippen molar-refractivity contribution in [2.24, 2.45) is 5.92 Å². The van der Waals surface area contributed by atoms with E-state index in [0.717, 1.165) is 41.8 Å². The van der Waals surface area contributed by atoms with Gasteiger partial charge in [-0.3, -0.25) is 9.59 Å². The van der Waals surface area contributed by atoms with Gasteiger partial charge >= 0.3 is 5.97 Å². The summed E-state index contributed by atoms with van der Waals surface area (Å²) in [6.07, 6.45) is 4.05. The first-order chi connectivity index (χ1) is 14.1. The number of aryl methyl sites for hydroxylation is 1. The molecule has 29 heavy (non-hydrogen) atoms. The summed E-state index contributed by atoms with van der Waals surface area (Å²) in [5.41, 5.74) is 2.32. The number of hydrogen-bond acceptors (Lipinski definition) is 5. The number of fused-ring (bicyclic) bond motifs is 1. The highest BCUT2D eigenvalue weighted by molar-refractivity contribution is 7.17. The zero-order valence-electron chi connectivity index (χ0n) is 16.4. The lowest BCUT2D eigenvalue weighted by molar-refractivity contribution is -0.122. The van der Waals surface area contributed by atoms with Gasteiger partial charge in [-0.15, -0.1) is 11.3 Å². The smallest absolute Gasteiger partial charge is 0.341 e. The minimum absolute atomic E-state index is 0.0626. The highest BCUT2D eigenvalue weighted by atomic mass is 32.1. The van der Waals surface area contributed by atoms with Gasteiger partial charge < -0.3 is 15.0 Å². The van der Waals surface area contributed by atoms with E-state index < -0.39 is 5.92 Å². The number of hydrogen-bond donors (Lipinski definition) is 1. The number of carbonyl (C=O) groups excluding carboxylic acids is 3. The van der Waals surface area contributed by atoms with E-state index in [1.165, 1.54) is 11.3 Å². The van der Waals surface area contributed by atoms with E-state index >= 15 is 0 Å². The number of anilines is 2. The van der Waals surface area contributed by atoms with Gasteiger partial charge in [0, 0.05) is 23.5 Å². The Morgan fingerprint density at radius 3 is 2.72 bits per heavy atom. The van der Waals surface area contributed by atoms with Gasteiger partial charge in [-0.05, 0) is 50.3 Å². The van der Waals surface area contributed by atoms with E-state index in [2.05, 4.69) is 5.32 Å². The average Bonchev–Trinajstić information content (AvgIpc) is 3.29. The molecule has 1 saturated heterocycles. The lowest BCUT2D eigenvalue weighted by Gasteiger charge is -2.16. The molecular formula is C22H24N2O4S. The largest absolute Gasteiger partial charge is 0.462 e. The predicted octanol–water partition coefficient (Wildman–Crippen LogP) is 3.80. The molecule has 4 rings (SSSR count). The maximum absolute atomic E-state index is 12.9. The molecule has 1 aromatic carbocycles. The van der Waals surface area contributed by atoms with Gasteiger partial charge in [0.2, 0.25) is 11.8 Å². The van der Waals surface area contributed by atoms with E-state index in [1.807, 2.05) is 30.3 Å². The molecular weight excluding hydrogens is 388 g/mol. The Labute approximate surface area is 173 Å². The molecule has 2 amide bonds. The summed E-state index contributed by atoms with van der Waals surface area (Å²) in [7, 11) is 0. The molecule has 0 radical (unpaired) electrons. The van der Waals surface area contributed by atoms with Gasteiger partial charge in [0.05, 0.1) is 18.1 Å². The molecule has 1 aliphatic heterocycles. The van der Waals surface area contributed by atoms with Gasteiger partial charge in [0.15, 0.2) is 0 Å². The van der Waals surface area contributed by atoms with Gasteiger partial charge in [0.25, 0.3) is 0 Å². The second-order valence-corrected chi connectivity index (χ2v) is 8.47. The number of esters is 1. The number of benzene rings is 1. The molecule has 152 valence electrons. The number of para-hydroxylation sites is 1. The molecule has 1 fully saturated rings. The first-order valence-electron chi connectivity index (χ1n) is 10.1. The molecule has 6 nitrogen and oxygen atoms in total. The standard InChI is InChI=1S/C22H24N2O4S/c1-2-28-22(27)19-16-10-6-7-11-17(16)29-21(19)23-20(26)14-12-18(25)24(13-14)15-8-4-3-5-9-15/h3-5,8-9,14H,2,6-7,10-13H2,1H3,(H,23,26). The molecule has 0 spiro atoms. The minimum Gasteiger partial charge on any atom is -0.462 e. The summed E-state index contributed by atoms with van der Waals surface area (Å²) in [4.78, 5) is 40.7. The summed E-state index contributed by atoms with van der Waals surface area (Å²) in [6.45, 7) is 2.41. The number of nitrogens with zero attached hydrogens (tertiary/aromatic N) is 1. The number of rotatable bonds is 5. The summed E-state index contributed by atoms with van der Waals surface area (Å²) in [5, 5.41) is 3.50. The highest BCUT2D eigenvalue weighted by Crippen LogP contribution is 2.39. The van der Waals surface area contributed by atoms with Crippen LogP contribution >= 0.6 is 11.3 Å². The van der Waals surface area contributed by atoms with Crippen LogP contribution in [0, 0.1) is 5.92 Å². The quantitative estimate of drug-likeness (QED) is 0.758. The zero-order chi connectivity index (χ0) is 20.4. The van der Waals surface area contributed by atoms with Crippen LogP contribution < -0.4 is 10.2 Å². The van der Waals surface area contributed by atoms with Crippen LogP contribution in [0.1, 0.15) is 47.0 Å². The van der Waals surface area contributed by atoms with Crippen LogP contribution in [0.25, 0.3) is 0 Å². The molecule has 0 bridgehead atoms. The number of carbonyl (C=O) groups is 3. The molecule has 1 atom stereocenters. The van der Waals surface area contributed by atoms with Crippen LogP contribution in [0.2, 0.25) is 0 Å². The van der Waals surface area contributed by atoms with Crippen LogP contribution in [-0.2, 0) is 27.2 Å². The first-order valence-corrected chi connectivity index (χ1v) is 10.9. The van der Waals surface area contributed by atoms with Gasteiger partial charge in [0.1, 0.15) is 5.00 Å². The van der Waals surface area contributed by atoms with E-state index in [4.69, 9.17) is 4.74 Å². The molecule has 2 aromatic rings.